The van der Waals surface area contributed by atoms with Crippen LogP contribution in [0.25, 0.3) is 0 Å². The average molecular weight is 250 g/mol. The number of aromatic nitrogens is 1. The van der Waals surface area contributed by atoms with E-state index in [1.807, 2.05) is 26.1 Å². The predicted octanol–water partition coefficient (Wildman–Crippen LogP) is 1.76. The number of esters is 1. The van der Waals surface area contributed by atoms with Crippen molar-refractivity contribution in [3.63, 3.8) is 0 Å². The normalized spacial score (nSPS) is 12.4. The van der Waals surface area contributed by atoms with Gasteiger partial charge in [-0.2, -0.15) is 0 Å². The van der Waals surface area contributed by atoms with Gasteiger partial charge < -0.3 is 9.64 Å². The average Bonchev–Trinajstić information content (AvgIpc) is 2.42. The summed E-state index contributed by atoms with van der Waals surface area (Å²) in [6.07, 6.45) is 5.39. The highest BCUT2D eigenvalue weighted by molar-refractivity contribution is 5.72. The molecule has 18 heavy (non-hydrogen) atoms. The van der Waals surface area contributed by atoms with E-state index in [2.05, 4.69) is 9.88 Å². The standard InChI is InChI=1S/C14H22N2O2/c1-4-13(14(17)18-3)11-16(2)10-7-12-5-8-15-9-6-12/h5-6,8-9,13H,4,7,10-11H2,1-3H3. The fourth-order valence-electron chi connectivity index (χ4n) is 1.87. The van der Waals surface area contributed by atoms with Crippen LogP contribution in [0.3, 0.4) is 0 Å². The Bertz CT molecular complexity index is 354. The van der Waals surface area contributed by atoms with Crippen molar-refractivity contribution >= 4 is 5.97 Å². The smallest absolute Gasteiger partial charge is 0.309 e. The summed E-state index contributed by atoms with van der Waals surface area (Å²) in [4.78, 5) is 17.7. The lowest BCUT2D eigenvalue weighted by molar-refractivity contribution is -0.146. The minimum atomic E-state index is -0.117. The van der Waals surface area contributed by atoms with E-state index in [1.54, 1.807) is 12.4 Å². The topological polar surface area (TPSA) is 42.4 Å². The van der Waals surface area contributed by atoms with Gasteiger partial charge in [-0.05, 0) is 37.6 Å². The fraction of sp³-hybridized carbons (Fsp3) is 0.571. The lowest BCUT2D eigenvalue weighted by Gasteiger charge is -2.21. The first-order valence-corrected chi connectivity index (χ1v) is 6.32. The Labute approximate surface area is 109 Å². The number of carbonyl (C=O) groups is 1. The van der Waals surface area contributed by atoms with Crippen molar-refractivity contribution in [1.82, 2.24) is 9.88 Å². The Morgan fingerprint density at radius 2 is 2.11 bits per heavy atom. The van der Waals surface area contributed by atoms with Gasteiger partial charge in [-0.1, -0.05) is 6.92 Å². The first-order chi connectivity index (χ1) is 8.67. The molecule has 1 unspecified atom stereocenters. The van der Waals surface area contributed by atoms with Gasteiger partial charge in [0.1, 0.15) is 0 Å². The fourth-order valence-corrected chi connectivity index (χ4v) is 1.87. The van der Waals surface area contributed by atoms with Crippen LogP contribution in [-0.2, 0) is 16.0 Å². The van der Waals surface area contributed by atoms with Crippen molar-refractivity contribution in [1.29, 1.82) is 0 Å². The SMILES string of the molecule is CCC(CN(C)CCc1ccncc1)C(=O)OC. The Morgan fingerprint density at radius 3 is 2.67 bits per heavy atom. The van der Waals surface area contributed by atoms with E-state index < -0.39 is 0 Å². The van der Waals surface area contributed by atoms with Gasteiger partial charge >= 0.3 is 5.97 Å². The molecule has 1 aromatic rings. The Kier molecular flexibility index (Phi) is 6.36. The van der Waals surface area contributed by atoms with E-state index in [1.165, 1.54) is 12.7 Å². The number of hydrogen-bond acceptors (Lipinski definition) is 4. The van der Waals surface area contributed by atoms with Crippen LogP contribution in [0.2, 0.25) is 0 Å². The summed E-state index contributed by atoms with van der Waals surface area (Å²) in [5, 5.41) is 0. The molecule has 0 fully saturated rings. The first-order valence-electron chi connectivity index (χ1n) is 6.32. The summed E-state index contributed by atoms with van der Waals surface area (Å²) in [6.45, 7) is 3.68. The second kappa shape index (κ2) is 7.82. The van der Waals surface area contributed by atoms with Gasteiger partial charge in [-0.15, -0.1) is 0 Å². The van der Waals surface area contributed by atoms with Gasteiger partial charge in [0.25, 0.3) is 0 Å². The van der Waals surface area contributed by atoms with Crippen LogP contribution in [-0.4, -0.2) is 43.1 Å². The molecular formula is C14H22N2O2. The second-order valence-corrected chi connectivity index (χ2v) is 4.50. The van der Waals surface area contributed by atoms with Gasteiger partial charge in [0.15, 0.2) is 0 Å². The molecule has 0 aliphatic heterocycles. The maximum absolute atomic E-state index is 11.5. The molecule has 0 N–H and O–H groups in total. The van der Waals surface area contributed by atoms with Gasteiger partial charge in [0, 0.05) is 25.5 Å². The third-order valence-electron chi connectivity index (χ3n) is 3.09. The third-order valence-corrected chi connectivity index (χ3v) is 3.09. The molecule has 100 valence electrons. The number of carbonyl (C=O) groups excluding carboxylic acids is 1. The van der Waals surface area contributed by atoms with Crippen LogP contribution in [0.1, 0.15) is 18.9 Å². The zero-order valence-corrected chi connectivity index (χ0v) is 11.4. The molecule has 0 aliphatic carbocycles. The van der Waals surface area contributed by atoms with Crippen LogP contribution in [0.5, 0.6) is 0 Å². The maximum Gasteiger partial charge on any atom is 0.309 e. The minimum absolute atomic E-state index is 0.0301. The summed E-state index contributed by atoms with van der Waals surface area (Å²) < 4.78 is 4.79. The minimum Gasteiger partial charge on any atom is -0.469 e. The lowest BCUT2D eigenvalue weighted by Crippen LogP contribution is -2.32. The highest BCUT2D eigenvalue weighted by Gasteiger charge is 2.18. The number of rotatable bonds is 7. The number of hydrogen-bond donors (Lipinski definition) is 0. The van der Waals surface area contributed by atoms with Crippen molar-refractivity contribution in [3.8, 4) is 0 Å². The summed E-state index contributed by atoms with van der Waals surface area (Å²) >= 11 is 0. The number of methoxy groups -OCH3 is 1. The molecule has 4 nitrogen and oxygen atoms in total. The van der Waals surface area contributed by atoms with Crippen molar-refractivity contribution in [2.45, 2.75) is 19.8 Å². The molecule has 0 saturated heterocycles. The number of pyridine rings is 1. The molecule has 0 radical (unpaired) electrons. The largest absolute Gasteiger partial charge is 0.469 e. The zero-order valence-electron chi connectivity index (χ0n) is 11.4. The van der Waals surface area contributed by atoms with Gasteiger partial charge in [0.2, 0.25) is 0 Å². The van der Waals surface area contributed by atoms with Gasteiger partial charge in [-0.25, -0.2) is 0 Å². The van der Waals surface area contributed by atoms with Crippen LogP contribution < -0.4 is 0 Å². The first kappa shape index (κ1) is 14.6. The molecule has 1 aromatic heterocycles. The van der Waals surface area contributed by atoms with E-state index in [4.69, 9.17) is 4.74 Å². The van der Waals surface area contributed by atoms with Crippen LogP contribution >= 0.6 is 0 Å². The summed E-state index contributed by atoms with van der Waals surface area (Å²) in [5.41, 5.74) is 1.27. The Balaban J connectivity index is 2.36. The van der Waals surface area contributed by atoms with E-state index in [9.17, 15) is 4.79 Å². The highest BCUT2D eigenvalue weighted by Crippen LogP contribution is 2.07. The molecule has 0 saturated carbocycles. The van der Waals surface area contributed by atoms with Gasteiger partial charge in [-0.3, -0.25) is 9.78 Å². The third kappa shape index (κ3) is 4.84. The molecule has 1 heterocycles. The molecule has 0 aromatic carbocycles. The molecule has 0 aliphatic rings. The molecule has 4 heteroatoms. The van der Waals surface area contributed by atoms with E-state index in [0.717, 1.165) is 25.9 Å². The van der Waals surface area contributed by atoms with Gasteiger partial charge in [0.05, 0.1) is 13.0 Å². The van der Waals surface area contributed by atoms with Crippen molar-refractivity contribution < 1.29 is 9.53 Å². The van der Waals surface area contributed by atoms with Crippen molar-refractivity contribution in [3.05, 3.63) is 30.1 Å². The summed E-state index contributed by atoms with van der Waals surface area (Å²) in [7, 11) is 3.48. The number of nitrogens with zero attached hydrogens (tertiary/aromatic N) is 2. The lowest BCUT2D eigenvalue weighted by atomic mass is 10.1. The highest BCUT2D eigenvalue weighted by atomic mass is 16.5. The number of likely N-dealkylation sites (N-methyl/N-ethyl adjacent to an activating group) is 1. The molecule has 0 amide bonds. The molecule has 1 atom stereocenters. The molecule has 0 bridgehead atoms. The Hall–Kier alpha value is -1.42. The Morgan fingerprint density at radius 1 is 1.44 bits per heavy atom. The van der Waals surface area contributed by atoms with Crippen LogP contribution in [0.4, 0.5) is 0 Å². The summed E-state index contributed by atoms with van der Waals surface area (Å²) in [6, 6.07) is 4.04. The maximum atomic E-state index is 11.5. The number of ether oxygens (including phenoxy) is 1. The quantitative estimate of drug-likeness (QED) is 0.692. The predicted molar refractivity (Wildman–Crippen MR) is 71.2 cm³/mol. The van der Waals surface area contributed by atoms with Crippen LogP contribution in [0.15, 0.2) is 24.5 Å². The summed E-state index contributed by atoms with van der Waals surface area (Å²) in [5.74, 6) is -0.147. The molecule has 1 rings (SSSR count). The molecular weight excluding hydrogens is 228 g/mol. The van der Waals surface area contributed by atoms with E-state index in [-0.39, 0.29) is 11.9 Å². The van der Waals surface area contributed by atoms with E-state index >= 15 is 0 Å². The van der Waals surface area contributed by atoms with Crippen LogP contribution in [0, 0.1) is 5.92 Å². The van der Waals surface area contributed by atoms with Crippen molar-refractivity contribution in [2.24, 2.45) is 5.92 Å². The zero-order chi connectivity index (χ0) is 13.4. The second-order valence-electron chi connectivity index (χ2n) is 4.50. The van der Waals surface area contributed by atoms with Crippen molar-refractivity contribution in [2.75, 3.05) is 27.2 Å². The monoisotopic (exact) mass is 250 g/mol. The molecule has 0 spiro atoms. The van der Waals surface area contributed by atoms with E-state index in [0.29, 0.717) is 0 Å².